The van der Waals surface area contributed by atoms with Gasteiger partial charge in [0.2, 0.25) is 0 Å². The summed E-state index contributed by atoms with van der Waals surface area (Å²) in [5.41, 5.74) is 8.28. The summed E-state index contributed by atoms with van der Waals surface area (Å²) in [5, 5.41) is 0. The van der Waals surface area contributed by atoms with Crippen LogP contribution in [0.1, 0.15) is 56.7 Å². The van der Waals surface area contributed by atoms with Crippen LogP contribution >= 0.6 is 22.7 Å². The highest BCUT2D eigenvalue weighted by Gasteiger charge is 2.22. The molecule has 200 valence electrons. The van der Waals surface area contributed by atoms with Crippen molar-refractivity contribution in [2.45, 2.75) is 52.4 Å². The molecule has 6 aromatic rings. The van der Waals surface area contributed by atoms with Gasteiger partial charge in [-0.2, -0.15) is 0 Å². The number of aromatic nitrogens is 2. The molecule has 0 spiro atoms. The topological polar surface area (TPSA) is 25.8 Å². The molecule has 6 rings (SSSR count). The zero-order valence-electron chi connectivity index (χ0n) is 23.7. The van der Waals surface area contributed by atoms with Gasteiger partial charge in [-0.25, -0.2) is 9.97 Å². The van der Waals surface area contributed by atoms with Crippen LogP contribution in [0.2, 0.25) is 0 Å². The average molecular weight is 559 g/mol. The fourth-order valence-corrected chi connectivity index (χ4v) is 7.24. The Morgan fingerprint density at radius 3 is 1.60 bits per heavy atom. The van der Waals surface area contributed by atoms with Gasteiger partial charge in [0.15, 0.2) is 0 Å². The summed E-state index contributed by atoms with van der Waals surface area (Å²) in [6.45, 7) is 11.4. The zero-order chi connectivity index (χ0) is 27.9. The van der Waals surface area contributed by atoms with Crippen LogP contribution in [0.5, 0.6) is 0 Å². The number of hydrogen-bond donors (Lipinski definition) is 0. The SMILES string of the molecule is CCC(C)c1ccc(-c2ccc(-c3ccc(C(C)(C)C)s3)c3nc(-c4ccccc4)c(-c4ccccc4)nc23)s1. The maximum Gasteiger partial charge on any atom is 0.0988 e. The maximum atomic E-state index is 5.46. The van der Waals surface area contributed by atoms with Crippen molar-refractivity contribution < 1.29 is 0 Å². The Bertz CT molecular complexity index is 1770. The van der Waals surface area contributed by atoms with Gasteiger partial charge in [0.05, 0.1) is 22.4 Å². The number of benzene rings is 3. The van der Waals surface area contributed by atoms with Gasteiger partial charge in [0.25, 0.3) is 0 Å². The number of nitrogens with zero attached hydrogens (tertiary/aromatic N) is 2. The molecule has 1 atom stereocenters. The molecule has 0 fully saturated rings. The second-order valence-corrected chi connectivity index (χ2v) is 13.6. The van der Waals surface area contributed by atoms with E-state index in [-0.39, 0.29) is 5.41 Å². The molecule has 40 heavy (non-hydrogen) atoms. The smallest absolute Gasteiger partial charge is 0.0988 e. The quantitative estimate of drug-likeness (QED) is 0.203. The van der Waals surface area contributed by atoms with Crippen LogP contribution in [-0.2, 0) is 5.41 Å². The first-order valence-electron chi connectivity index (χ1n) is 14.0. The molecule has 4 heteroatoms. The van der Waals surface area contributed by atoms with Gasteiger partial charge in [-0.15, -0.1) is 22.7 Å². The zero-order valence-corrected chi connectivity index (χ0v) is 25.4. The van der Waals surface area contributed by atoms with Crippen molar-refractivity contribution in [3.8, 4) is 43.4 Å². The van der Waals surface area contributed by atoms with E-state index >= 15 is 0 Å². The van der Waals surface area contributed by atoms with Gasteiger partial charge in [-0.05, 0) is 42.0 Å². The highest BCUT2D eigenvalue weighted by molar-refractivity contribution is 7.16. The van der Waals surface area contributed by atoms with E-state index in [2.05, 4.69) is 132 Å². The lowest BCUT2D eigenvalue weighted by Gasteiger charge is -2.16. The molecule has 0 aliphatic heterocycles. The van der Waals surface area contributed by atoms with E-state index in [4.69, 9.17) is 9.97 Å². The minimum absolute atomic E-state index is 0.101. The molecule has 3 aromatic carbocycles. The first kappa shape index (κ1) is 26.6. The molecule has 1 unspecified atom stereocenters. The standard InChI is InChI=1S/C36H34N2S2/c1-6-23(2)28-19-20-29(39-28)26-17-18-27(30-21-22-31(40-30)36(3,4)5)35-34(26)37-32(24-13-9-7-10-14-24)33(38-35)25-15-11-8-12-16-25/h7-23H,6H2,1-5H3. The molecule has 0 bridgehead atoms. The molecular formula is C36H34N2S2. The maximum absolute atomic E-state index is 5.46. The van der Waals surface area contributed by atoms with Crippen molar-refractivity contribution in [3.05, 3.63) is 107 Å². The van der Waals surface area contributed by atoms with Crippen molar-refractivity contribution >= 4 is 33.7 Å². The highest BCUT2D eigenvalue weighted by atomic mass is 32.1. The average Bonchev–Trinajstić information content (AvgIpc) is 3.67. The molecular weight excluding hydrogens is 525 g/mol. The van der Waals surface area contributed by atoms with Crippen LogP contribution in [0.15, 0.2) is 97.1 Å². The van der Waals surface area contributed by atoms with E-state index in [1.54, 1.807) is 0 Å². The summed E-state index contributed by atoms with van der Waals surface area (Å²) < 4.78 is 0. The molecule has 0 saturated heterocycles. The number of rotatable bonds is 6. The number of hydrogen-bond acceptors (Lipinski definition) is 4. The summed E-state index contributed by atoms with van der Waals surface area (Å²) in [5.74, 6) is 0.543. The normalized spacial score (nSPS) is 12.6. The Labute approximate surface area is 245 Å². The predicted molar refractivity (Wildman–Crippen MR) is 174 cm³/mol. The third kappa shape index (κ3) is 5.02. The van der Waals surface area contributed by atoms with Gasteiger partial charge in [-0.1, -0.05) is 107 Å². The molecule has 0 radical (unpaired) electrons. The van der Waals surface area contributed by atoms with E-state index in [0.29, 0.717) is 5.92 Å². The van der Waals surface area contributed by atoms with Gasteiger partial charge in [-0.3, -0.25) is 0 Å². The summed E-state index contributed by atoms with van der Waals surface area (Å²) in [6.07, 6.45) is 1.13. The Morgan fingerprint density at radius 1 is 0.625 bits per heavy atom. The fourth-order valence-electron chi connectivity index (χ4n) is 4.98. The molecule has 0 amide bonds. The van der Waals surface area contributed by atoms with Crippen LogP contribution in [0.4, 0.5) is 0 Å². The van der Waals surface area contributed by atoms with Crippen molar-refractivity contribution in [2.24, 2.45) is 0 Å². The summed E-state index contributed by atoms with van der Waals surface area (Å²) >= 11 is 3.74. The molecule has 2 nitrogen and oxygen atoms in total. The van der Waals surface area contributed by atoms with E-state index in [0.717, 1.165) is 51.1 Å². The minimum Gasteiger partial charge on any atom is -0.243 e. The van der Waals surface area contributed by atoms with Gasteiger partial charge >= 0.3 is 0 Å². The molecule has 0 saturated carbocycles. The van der Waals surface area contributed by atoms with Crippen molar-refractivity contribution in [1.29, 1.82) is 0 Å². The highest BCUT2D eigenvalue weighted by Crippen LogP contribution is 2.43. The molecule has 3 aromatic heterocycles. The Hall–Kier alpha value is -3.60. The monoisotopic (exact) mass is 558 g/mol. The Kier molecular flexibility index (Phi) is 7.16. The second kappa shape index (κ2) is 10.8. The minimum atomic E-state index is 0.101. The summed E-state index contributed by atoms with van der Waals surface area (Å²) in [6, 6.07) is 34.5. The predicted octanol–water partition coefficient (Wildman–Crippen LogP) is 11.2. The lowest BCUT2D eigenvalue weighted by molar-refractivity contribution is 0.604. The fraction of sp³-hybridized carbons (Fsp3) is 0.222. The van der Waals surface area contributed by atoms with Crippen molar-refractivity contribution in [3.63, 3.8) is 0 Å². The largest absolute Gasteiger partial charge is 0.243 e. The van der Waals surface area contributed by atoms with Gasteiger partial charge < -0.3 is 0 Å². The van der Waals surface area contributed by atoms with Crippen LogP contribution in [0.3, 0.4) is 0 Å². The molecule has 0 N–H and O–H groups in total. The lowest BCUT2D eigenvalue weighted by atomic mass is 9.95. The van der Waals surface area contributed by atoms with Gasteiger partial charge in [0, 0.05) is 41.8 Å². The van der Waals surface area contributed by atoms with E-state index in [1.165, 1.54) is 19.5 Å². The third-order valence-corrected chi connectivity index (χ3v) is 10.4. The van der Waals surface area contributed by atoms with E-state index in [1.807, 2.05) is 22.7 Å². The second-order valence-electron chi connectivity index (χ2n) is 11.4. The Morgan fingerprint density at radius 2 is 1.12 bits per heavy atom. The summed E-state index contributed by atoms with van der Waals surface area (Å²) in [4.78, 5) is 16.2. The lowest BCUT2D eigenvalue weighted by Crippen LogP contribution is -2.07. The van der Waals surface area contributed by atoms with Crippen molar-refractivity contribution in [1.82, 2.24) is 9.97 Å². The van der Waals surface area contributed by atoms with E-state index < -0.39 is 0 Å². The number of thiophene rings is 2. The molecule has 0 aliphatic carbocycles. The van der Waals surface area contributed by atoms with Crippen LogP contribution in [0, 0.1) is 0 Å². The first-order valence-corrected chi connectivity index (χ1v) is 15.6. The van der Waals surface area contributed by atoms with Crippen LogP contribution in [-0.4, -0.2) is 9.97 Å². The van der Waals surface area contributed by atoms with Crippen molar-refractivity contribution in [2.75, 3.05) is 0 Å². The van der Waals surface area contributed by atoms with E-state index in [9.17, 15) is 0 Å². The molecule has 3 heterocycles. The summed E-state index contributed by atoms with van der Waals surface area (Å²) in [7, 11) is 0. The Balaban J connectivity index is 1.66. The number of fused-ring (bicyclic) bond motifs is 1. The van der Waals surface area contributed by atoms with Crippen LogP contribution < -0.4 is 0 Å². The van der Waals surface area contributed by atoms with Crippen LogP contribution in [0.25, 0.3) is 54.4 Å². The molecule has 0 aliphatic rings. The van der Waals surface area contributed by atoms with Gasteiger partial charge in [0.1, 0.15) is 0 Å². The first-order chi connectivity index (χ1) is 19.3. The third-order valence-electron chi connectivity index (χ3n) is 7.52.